The molecule has 3 aromatic rings. The monoisotopic (exact) mass is 418 g/mol. The third kappa shape index (κ3) is 5.61. The van der Waals surface area contributed by atoms with Crippen LogP contribution in [-0.4, -0.2) is 34.1 Å². The lowest BCUT2D eigenvalue weighted by Gasteiger charge is -2.28. The molecule has 0 unspecified atom stereocenters. The smallest absolute Gasteiger partial charge is 0.329 e. The van der Waals surface area contributed by atoms with Crippen molar-refractivity contribution in [2.75, 3.05) is 13.2 Å². The van der Waals surface area contributed by atoms with E-state index in [2.05, 4.69) is 66.3 Å². The van der Waals surface area contributed by atoms with Gasteiger partial charge in [-0.25, -0.2) is 4.79 Å². The van der Waals surface area contributed by atoms with Crippen LogP contribution in [-0.2, 0) is 16.1 Å². The largest absolute Gasteiger partial charge is 0.480 e. The second-order valence-electron chi connectivity index (χ2n) is 8.64. The van der Waals surface area contributed by atoms with Crippen molar-refractivity contribution in [2.24, 2.45) is 11.8 Å². The molecule has 1 aliphatic rings. The number of aromatic nitrogens is 2. The zero-order valence-electron chi connectivity index (χ0n) is 18.0. The average molecular weight is 419 g/mol. The van der Waals surface area contributed by atoms with E-state index < -0.39 is 5.97 Å². The number of hydrogen-bond donors (Lipinski definition) is 1. The van der Waals surface area contributed by atoms with Crippen molar-refractivity contribution in [3.05, 3.63) is 66.4 Å². The molecule has 1 aromatic heterocycles. The van der Waals surface area contributed by atoms with Gasteiger partial charge in [-0.15, -0.1) is 0 Å². The van der Waals surface area contributed by atoms with E-state index in [1.165, 1.54) is 16.7 Å². The number of nitrogens with zero attached hydrogens (tertiary/aromatic N) is 2. The summed E-state index contributed by atoms with van der Waals surface area (Å²) >= 11 is 0. The van der Waals surface area contributed by atoms with Crippen molar-refractivity contribution in [3.8, 4) is 22.4 Å². The van der Waals surface area contributed by atoms with E-state index in [-0.39, 0.29) is 6.61 Å². The fourth-order valence-corrected chi connectivity index (χ4v) is 4.43. The van der Waals surface area contributed by atoms with Gasteiger partial charge in [0.15, 0.2) is 0 Å². The molecule has 5 heteroatoms. The summed E-state index contributed by atoms with van der Waals surface area (Å²) in [6.45, 7) is 3.37. The second kappa shape index (κ2) is 9.92. The molecule has 0 amide bonds. The molecule has 0 bridgehead atoms. The summed E-state index contributed by atoms with van der Waals surface area (Å²) in [5.41, 5.74) is 5.77. The Bertz CT molecular complexity index is 987. The lowest BCUT2D eigenvalue weighted by atomic mass is 9.82. The topological polar surface area (TPSA) is 64.3 Å². The summed E-state index contributed by atoms with van der Waals surface area (Å²) in [6.07, 6.45) is 6.61. The lowest BCUT2D eigenvalue weighted by molar-refractivity contribution is -0.142. The highest BCUT2D eigenvalue weighted by molar-refractivity contribution is 5.80. The van der Waals surface area contributed by atoms with Crippen LogP contribution in [0.1, 0.15) is 31.2 Å². The number of ether oxygens (including phenoxy) is 1. The standard InChI is InChI=1S/C26H30N2O3/c1-19-7-13-22(14-8-19)24-16-28(27-26(24)23-5-3-2-4-6-23)15-20-9-11-21(12-10-20)17-31-18-25(29)30/h2-8,13-14,16,20-21H,9-12,15,17-18H2,1H3,(H,29,30)/t20-,21-. The molecule has 0 saturated heterocycles. The summed E-state index contributed by atoms with van der Waals surface area (Å²) in [5, 5.41) is 13.7. The van der Waals surface area contributed by atoms with E-state index in [0.717, 1.165) is 43.5 Å². The first-order valence-electron chi connectivity index (χ1n) is 11.1. The lowest BCUT2D eigenvalue weighted by Crippen LogP contribution is -2.23. The fourth-order valence-electron chi connectivity index (χ4n) is 4.43. The van der Waals surface area contributed by atoms with Gasteiger partial charge in [-0.2, -0.15) is 5.10 Å². The van der Waals surface area contributed by atoms with Gasteiger partial charge in [0, 0.05) is 23.9 Å². The molecule has 0 aliphatic heterocycles. The molecule has 1 saturated carbocycles. The maximum absolute atomic E-state index is 10.6. The van der Waals surface area contributed by atoms with E-state index in [1.54, 1.807) is 0 Å². The van der Waals surface area contributed by atoms with Crippen molar-refractivity contribution in [1.82, 2.24) is 9.78 Å². The van der Waals surface area contributed by atoms with Gasteiger partial charge in [0.1, 0.15) is 12.3 Å². The predicted molar refractivity (Wildman–Crippen MR) is 122 cm³/mol. The van der Waals surface area contributed by atoms with E-state index in [0.29, 0.717) is 18.4 Å². The molecule has 1 fully saturated rings. The van der Waals surface area contributed by atoms with E-state index in [9.17, 15) is 4.79 Å². The molecule has 0 atom stereocenters. The number of carboxylic acids is 1. The van der Waals surface area contributed by atoms with Crippen LogP contribution >= 0.6 is 0 Å². The Kier molecular flexibility index (Phi) is 6.82. The minimum Gasteiger partial charge on any atom is -0.480 e. The number of carboxylic acid groups (broad SMARTS) is 1. The predicted octanol–water partition coefficient (Wildman–Crippen LogP) is 5.43. The fraction of sp³-hybridized carbons (Fsp3) is 0.385. The maximum atomic E-state index is 10.6. The highest BCUT2D eigenvalue weighted by atomic mass is 16.5. The van der Waals surface area contributed by atoms with Gasteiger partial charge >= 0.3 is 5.97 Å². The van der Waals surface area contributed by atoms with Crippen molar-refractivity contribution < 1.29 is 14.6 Å². The van der Waals surface area contributed by atoms with Crippen LogP contribution in [0.5, 0.6) is 0 Å². The van der Waals surface area contributed by atoms with Crippen molar-refractivity contribution in [2.45, 2.75) is 39.2 Å². The minimum absolute atomic E-state index is 0.197. The molecule has 0 spiro atoms. The number of aryl methyl sites for hydroxylation is 1. The van der Waals surface area contributed by atoms with Crippen LogP contribution in [0.3, 0.4) is 0 Å². The van der Waals surface area contributed by atoms with E-state index in [4.69, 9.17) is 14.9 Å². The highest BCUT2D eigenvalue weighted by Crippen LogP contribution is 2.34. The van der Waals surface area contributed by atoms with Crippen LogP contribution in [0.25, 0.3) is 22.4 Å². The molecule has 5 nitrogen and oxygen atoms in total. The van der Waals surface area contributed by atoms with Gasteiger partial charge in [-0.3, -0.25) is 4.68 Å². The number of rotatable bonds is 8. The van der Waals surface area contributed by atoms with Crippen LogP contribution in [0, 0.1) is 18.8 Å². The molecule has 1 aliphatic carbocycles. The normalized spacial score (nSPS) is 18.7. The van der Waals surface area contributed by atoms with Gasteiger partial charge in [0.2, 0.25) is 0 Å². The van der Waals surface area contributed by atoms with E-state index in [1.807, 2.05) is 6.07 Å². The molecule has 1 N–H and O–H groups in total. The number of benzene rings is 2. The van der Waals surface area contributed by atoms with Crippen LogP contribution in [0.15, 0.2) is 60.8 Å². The Morgan fingerprint density at radius 2 is 1.68 bits per heavy atom. The Hall–Kier alpha value is -2.92. The summed E-state index contributed by atoms with van der Waals surface area (Å²) in [6, 6.07) is 19.0. The van der Waals surface area contributed by atoms with Crippen molar-refractivity contribution in [3.63, 3.8) is 0 Å². The maximum Gasteiger partial charge on any atom is 0.329 e. The zero-order chi connectivity index (χ0) is 21.6. The molecule has 2 aromatic carbocycles. The van der Waals surface area contributed by atoms with Gasteiger partial charge in [0.05, 0.1) is 6.61 Å². The SMILES string of the molecule is Cc1ccc(-c2cn(C[C@H]3CC[C@H](COCC(=O)O)CC3)nc2-c2ccccc2)cc1. The third-order valence-electron chi connectivity index (χ3n) is 6.16. The van der Waals surface area contributed by atoms with Gasteiger partial charge in [-0.05, 0) is 50.0 Å². The first kappa shape index (κ1) is 21.3. The van der Waals surface area contributed by atoms with Gasteiger partial charge in [0.25, 0.3) is 0 Å². The molecule has 4 rings (SSSR count). The Balaban J connectivity index is 1.46. The summed E-state index contributed by atoms with van der Waals surface area (Å²) in [4.78, 5) is 10.6. The molecule has 1 heterocycles. The van der Waals surface area contributed by atoms with Gasteiger partial charge < -0.3 is 9.84 Å². The molecule has 31 heavy (non-hydrogen) atoms. The van der Waals surface area contributed by atoms with Crippen LogP contribution < -0.4 is 0 Å². The van der Waals surface area contributed by atoms with Crippen LogP contribution in [0.2, 0.25) is 0 Å². The number of carbonyl (C=O) groups is 1. The Morgan fingerprint density at radius 1 is 1.00 bits per heavy atom. The average Bonchev–Trinajstić information content (AvgIpc) is 3.19. The Morgan fingerprint density at radius 3 is 2.35 bits per heavy atom. The quantitative estimate of drug-likeness (QED) is 0.529. The van der Waals surface area contributed by atoms with Crippen molar-refractivity contribution in [1.29, 1.82) is 0 Å². The second-order valence-corrected chi connectivity index (χ2v) is 8.64. The first-order chi connectivity index (χ1) is 15.1. The van der Waals surface area contributed by atoms with E-state index >= 15 is 0 Å². The number of hydrogen-bond acceptors (Lipinski definition) is 3. The summed E-state index contributed by atoms with van der Waals surface area (Å²) < 4.78 is 7.41. The highest BCUT2D eigenvalue weighted by Gasteiger charge is 2.23. The first-order valence-corrected chi connectivity index (χ1v) is 11.1. The zero-order valence-corrected chi connectivity index (χ0v) is 18.0. The summed E-state index contributed by atoms with van der Waals surface area (Å²) in [5.74, 6) is 0.160. The van der Waals surface area contributed by atoms with Crippen molar-refractivity contribution >= 4 is 5.97 Å². The van der Waals surface area contributed by atoms with Crippen LogP contribution in [0.4, 0.5) is 0 Å². The molecule has 162 valence electrons. The molecule has 0 radical (unpaired) electrons. The molecular formula is C26H30N2O3. The van der Waals surface area contributed by atoms with Gasteiger partial charge in [-0.1, -0.05) is 60.2 Å². The molecular weight excluding hydrogens is 388 g/mol. The summed E-state index contributed by atoms with van der Waals surface area (Å²) in [7, 11) is 0. The Labute approximate surface area is 183 Å². The number of aliphatic carboxylic acids is 1. The minimum atomic E-state index is -0.897. The third-order valence-corrected chi connectivity index (χ3v) is 6.16.